The molecule has 25 heavy (non-hydrogen) atoms. The summed E-state index contributed by atoms with van der Waals surface area (Å²) in [5.74, 6) is 0. The average molecular weight is 362 g/mol. The number of rotatable bonds is 4. The van der Waals surface area contributed by atoms with Gasteiger partial charge in [-0.3, -0.25) is 0 Å². The SMILES string of the molecule is S=C=Nc1ccc(CCN2CCCNCCNCCCNCC2)cc1. The van der Waals surface area contributed by atoms with Crippen molar-refractivity contribution in [2.45, 2.75) is 19.3 Å². The molecule has 1 aliphatic heterocycles. The van der Waals surface area contributed by atoms with E-state index in [0.717, 1.165) is 71.0 Å². The van der Waals surface area contributed by atoms with Crippen LogP contribution < -0.4 is 16.0 Å². The van der Waals surface area contributed by atoms with Crippen molar-refractivity contribution in [2.24, 2.45) is 4.99 Å². The Balaban J connectivity index is 1.77. The smallest absolute Gasteiger partial charge is 0.0739 e. The first-order valence-electron chi connectivity index (χ1n) is 9.40. The summed E-state index contributed by atoms with van der Waals surface area (Å²) in [6, 6.07) is 8.30. The molecular weight excluding hydrogens is 330 g/mol. The van der Waals surface area contributed by atoms with E-state index in [1.54, 1.807) is 0 Å². The van der Waals surface area contributed by atoms with Gasteiger partial charge in [0.05, 0.1) is 10.8 Å². The minimum Gasteiger partial charge on any atom is -0.315 e. The predicted molar refractivity (Wildman–Crippen MR) is 109 cm³/mol. The quantitative estimate of drug-likeness (QED) is 0.564. The zero-order valence-corrected chi connectivity index (χ0v) is 15.9. The Morgan fingerprint density at radius 2 is 1.56 bits per heavy atom. The Labute approximate surface area is 157 Å². The van der Waals surface area contributed by atoms with Crippen LogP contribution in [0.2, 0.25) is 0 Å². The van der Waals surface area contributed by atoms with Gasteiger partial charge in [-0.1, -0.05) is 12.1 Å². The molecule has 0 radical (unpaired) electrons. The number of nitrogens with zero attached hydrogens (tertiary/aromatic N) is 2. The van der Waals surface area contributed by atoms with Crippen molar-refractivity contribution in [3.05, 3.63) is 29.8 Å². The van der Waals surface area contributed by atoms with Gasteiger partial charge < -0.3 is 20.9 Å². The molecule has 0 atom stereocenters. The highest BCUT2D eigenvalue weighted by molar-refractivity contribution is 7.78. The number of hydrogen-bond acceptors (Lipinski definition) is 6. The van der Waals surface area contributed by atoms with E-state index < -0.39 is 0 Å². The van der Waals surface area contributed by atoms with Crippen LogP contribution >= 0.6 is 12.2 Å². The van der Waals surface area contributed by atoms with Crippen LogP contribution in [0.1, 0.15) is 18.4 Å². The summed E-state index contributed by atoms with van der Waals surface area (Å²) >= 11 is 4.64. The average Bonchev–Trinajstić information content (AvgIpc) is 2.64. The van der Waals surface area contributed by atoms with E-state index in [4.69, 9.17) is 0 Å². The number of isothiocyanates is 1. The number of thiocarbonyl (C=S) groups is 1. The lowest BCUT2D eigenvalue weighted by molar-refractivity contribution is 0.271. The van der Waals surface area contributed by atoms with Gasteiger partial charge in [0.25, 0.3) is 0 Å². The predicted octanol–water partition coefficient (Wildman–Crippen LogP) is 1.83. The molecule has 0 bridgehead atoms. The topological polar surface area (TPSA) is 51.7 Å². The third-order valence-electron chi connectivity index (χ3n) is 4.45. The van der Waals surface area contributed by atoms with Crippen LogP contribution in [-0.4, -0.2) is 69.0 Å². The van der Waals surface area contributed by atoms with Gasteiger partial charge in [0.15, 0.2) is 0 Å². The van der Waals surface area contributed by atoms with E-state index in [9.17, 15) is 0 Å². The zero-order chi connectivity index (χ0) is 17.6. The van der Waals surface area contributed by atoms with Crippen LogP contribution in [0.4, 0.5) is 5.69 Å². The van der Waals surface area contributed by atoms with Crippen molar-refractivity contribution in [1.29, 1.82) is 0 Å². The normalized spacial score (nSPS) is 18.9. The summed E-state index contributed by atoms with van der Waals surface area (Å²) in [5, 5.41) is 13.0. The molecule has 0 aromatic heterocycles. The fourth-order valence-electron chi connectivity index (χ4n) is 2.97. The molecule has 6 heteroatoms. The van der Waals surface area contributed by atoms with Crippen LogP contribution in [0.5, 0.6) is 0 Å². The Hall–Kier alpha value is -1.14. The highest BCUT2D eigenvalue weighted by Crippen LogP contribution is 2.13. The molecule has 0 aliphatic carbocycles. The molecule has 2 rings (SSSR count). The zero-order valence-electron chi connectivity index (χ0n) is 15.1. The maximum atomic E-state index is 4.64. The molecule has 1 aliphatic rings. The maximum Gasteiger partial charge on any atom is 0.0739 e. The lowest BCUT2D eigenvalue weighted by Gasteiger charge is -2.23. The number of hydrogen-bond donors (Lipinski definition) is 3. The van der Waals surface area contributed by atoms with Crippen molar-refractivity contribution in [3.63, 3.8) is 0 Å². The molecule has 0 amide bonds. The fraction of sp³-hybridized carbons (Fsp3) is 0.632. The molecule has 1 fully saturated rings. The van der Waals surface area contributed by atoms with Gasteiger partial charge in [-0.25, -0.2) is 0 Å². The van der Waals surface area contributed by atoms with Gasteiger partial charge in [-0.15, -0.1) is 0 Å². The van der Waals surface area contributed by atoms with Crippen LogP contribution in [-0.2, 0) is 6.42 Å². The van der Waals surface area contributed by atoms with E-state index in [0.29, 0.717) is 0 Å². The van der Waals surface area contributed by atoms with Crippen LogP contribution in [0.25, 0.3) is 0 Å². The van der Waals surface area contributed by atoms with Crippen molar-refractivity contribution in [2.75, 3.05) is 58.9 Å². The van der Waals surface area contributed by atoms with Crippen LogP contribution in [0.3, 0.4) is 0 Å². The Bertz CT molecular complexity index is 499. The minimum absolute atomic E-state index is 0.877. The first-order chi connectivity index (χ1) is 12.4. The maximum absolute atomic E-state index is 4.64. The third kappa shape index (κ3) is 9.21. The van der Waals surface area contributed by atoms with E-state index in [-0.39, 0.29) is 0 Å². The molecule has 3 N–H and O–H groups in total. The van der Waals surface area contributed by atoms with Crippen molar-refractivity contribution >= 4 is 23.1 Å². The fourth-order valence-corrected chi connectivity index (χ4v) is 3.07. The van der Waals surface area contributed by atoms with Gasteiger partial charge in [0, 0.05) is 32.7 Å². The van der Waals surface area contributed by atoms with Crippen LogP contribution in [0, 0.1) is 0 Å². The molecule has 1 saturated heterocycles. The van der Waals surface area contributed by atoms with E-state index >= 15 is 0 Å². The molecule has 5 nitrogen and oxygen atoms in total. The first-order valence-corrected chi connectivity index (χ1v) is 9.80. The second kappa shape index (κ2) is 13.1. The molecule has 1 aromatic carbocycles. The highest BCUT2D eigenvalue weighted by Gasteiger charge is 2.06. The van der Waals surface area contributed by atoms with Crippen molar-refractivity contribution in [1.82, 2.24) is 20.9 Å². The van der Waals surface area contributed by atoms with Crippen molar-refractivity contribution < 1.29 is 0 Å². The van der Waals surface area contributed by atoms with E-state index in [1.165, 1.54) is 18.4 Å². The lowest BCUT2D eigenvalue weighted by Crippen LogP contribution is -2.37. The lowest BCUT2D eigenvalue weighted by atomic mass is 10.1. The van der Waals surface area contributed by atoms with E-state index in [2.05, 4.69) is 55.4 Å². The van der Waals surface area contributed by atoms with Crippen LogP contribution in [0.15, 0.2) is 29.3 Å². The number of benzene rings is 1. The highest BCUT2D eigenvalue weighted by atomic mass is 32.1. The Morgan fingerprint density at radius 3 is 2.28 bits per heavy atom. The monoisotopic (exact) mass is 361 g/mol. The second-order valence-corrected chi connectivity index (χ2v) is 6.60. The molecule has 0 saturated carbocycles. The summed E-state index contributed by atoms with van der Waals surface area (Å²) in [6.07, 6.45) is 3.46. The Morgan fingerprint density at radius 1 is 0.880 bits per heavy atom. The number of nitrogens with one attached hydrogen (secondary N) is 3. The van der Waals surface area contributed by atoms with E-state index in [1.807, 2.05) is 12.1 Å². The molecule has 0 spiro atoms. The first kappa shape index (κ1) is 20.2. The molecule has 1 heterocycles. The van der Waals surface area contributed by atoms with Gasteiger partial charge in [-0.2, -0.15) is 4.99 Å². The van der Waals surface area contributed by atoms with Gasteiger partial charge in [0.1, 0.15) is 0 Å². The van der Waals surface area contributed by atoms with Crippen molar-refractivity contribution in [3.8, 4) is 0 Å². The Kier molecular flexibility index (Phi) is 10.6. The molecule has 0 unspecified atom stereocenters. The van der Waals surface area contributed by atoms with Gasteiger partial charge >= 0.3 is 0 Å². The summed E-state index contributed by atoms with van der Waals surface area (Å²) in [7, 11) is 0. The molecule has 1 aromatic rings. The van der Waals surface area contributed by atoms with Gasteiger partial charge in [0.2, 0.25) is 0 Å². The largest absolute Gasteiger partial charge is 0.315 e. The third-order valence-corrected chi connectivity index (χ3v) is 4.54. The summed E-state index contributed by atoms with van der Waals surface area (Å²) < 4.78 is 0. The number of aliphatic imine (C=N–C) groups is 1. The molecule has 138 valence electrons. The molecular formula is C19H31N5S. The standard InChI is InChI=1S/C19H31N5S/c25-17-23-19-5-3-18(4-6-19)7-15-24-14-2-10-21-12-11-20-8-1-9-22-13-16-24/h3-6,20-22H,1-2,7-16H2. The summed E-state index contributed by atoms with van der Waals surface area (Å²) in [4.78, 5) is 6.58. The van der Waals surface area contributed by atoms with Gasteiger partial charge in [-0.05, 0) is 75.4 Å². The second-order valence-electron chi connectivity index (χ2n) is 6.42. The minimum atomic E-state index is 0.877. The summed E-state index contributed by atoms with van der Waals surface area (Å²) in [5.41, 5.74) is 2.22. The summed E-state index contributed by atoms with van der Waals surface area (Å²) in [6.45, 7) is 9.83.